The van der Waals surface area contributed by atoms with Crippen molar-refractivity contribution in [2.24, 2.45) is 0 Å². The van der Waals surface area contributed by atoms with Crippen LogP contribution in [-0.4, -0.2) is 60.7 Å². The Morgan fingerprint density at radius 2 is 2.03 bits per heavy atom. The molecule has 5 nitrogen and oxygen atoms in total. The highest BCUT2D eigenvalue weighted by molar-refractivity contribution is 5.97. The summed E-state index contributed by atoms with van der Waals surface area (Å²) in [4.78, 5) is 21.9. The van der Waals surface area contributed by atoms with Gasteiger partial charge in [-0.3, -0.25) is 14.7 Å². The first-order valence-electron chi connectivity index (χ1n) is 10.7. The lowest BCUT2D eigenvalue weighted by molar-refractivity contribution is -0.120. The van der Waals surface area contributed by atoms with Crippen molar-refractivity contribution in [2.45, 2.75) is 44.7 Å². The lowest BCUT2D eigenvalue weighted by Gasteiger charge is -2.38. The Morgan fingerprint density at radius 3 is 2.74 bits per heavy atom. The Labute approximate surface area is 190 Å². The SMILES string of the molecule is C[C@@H]1CN(CC(=O)N2CC(C)(C)c3cnc(Cc4ccccc4)cc32)[C@@H](CF)CN1.Cl. The second-order valence-electron chi connectivity index (χ2n) is 9.27. The average Bonchev–Trinajstić information content (AvgIpc) is 2.99. The number of hydrogen-bond acceptors (Lipinski definition) is 4. The van der Waals surface area contributed by atoms with E-state index in [4.69, 9.17) is 0 Å². The molecule has 3 heterocycles. The van der Waals surface area contributed by atoms with Crippen molar-refractivity contribution in [2.75, 3.05) is 37.8 Å². The summed E-state index contributed by atoms with van der Waals surface area (Å²) >= 11 is 0. The van der Waals surface area contributed by atoms with E-state index >= 15 is 0 Å². The first kappa shape index (κ1) is 23.6. The largest absolute Gasteiger partial charge is 0.311 e. The monoisotopic (exact) mass is 446 g/mol. The van der Waals surface area contributed by atoms with Crippen LogP contribution < -0.4 is 10.2 Å². The van der Waals surface area contributed by atoms with Crippen LogP contribution in [0.4, 0.5) is 10.1 Å². The second kappa shape index (κ2) is 9.63. The van der Waals surface area contributed by atoms with Crippen molar-refractivity contribution >= 4 is 24.0 Å². The number of carbonyl (C=O) groups is 1. The normalized spacial score (nSPS) is 22.6. The molecule has 1 N–H and O–H groups in total. The highest BCUT2D eigenvalue weighted by atomic mass is 35.5. The summed E-state index contributed by atoms with van der Waals surface area (Å²) in [5, 5.41) is 3.30. The zero-order chi connectivity index (χ0) is 21.3. The van der Waals surface area contributed by atoms with Gasteiger partial charge in [0.15, 0.2) is 0 Å². The van der Waals surface area contributed by atoms with Gasteiger partial charge in [-0.15, -0.1) is 12.4 Å². The molecule has 4 rings (SSSR count). The molecule has 0 spiro atoms. The molecule has 2 aliphatic rings. The van der Waals surface area contributed by atoms with Gasteiger partial charge in [0.05, 0.1) is 18.3 Å². The molecular formula is C24H32ClFN4O. The molecule has 0 saturated carbocycles. The van der Waals surface area contributed by atoms with E-state index in [9.17, 15) is 9.18 Å². The Hall–Kier alpha value is -2.02. The summed E-state index contributed by atoms with van der Waals surface area (Å²) in [6.45, 7) is 8.05. The summed E-state index contributed by atoms with van der Waals surface area (Å²) in [6, 6.07) is 12.3. The molecule has 1 fully saturated rings. The number of rotatable bonds is 5. The lowest BCUT2D eigenvalue weighted by Crippen LogP contribution is -2.58. The highest BCUT2D eigenvalue weighted by Crippen LogP contribution is 2.40. The van der Waals surface area contributed by atoms with Crippen LogP contribution in [-0.2, 0) is 16.6 Å². The van der Waals surface area contributed by atoms with Crippen molar-refractivity contribution in [3.8, 4) is 0 Å². The first-order chi connectivity index (χ1) is 14.4. The van der Waals surface area contributed by atoms with E-state index in [1.54, 1.807) is 0 Å². The number of amides is 1. The van der Waals surface area contributed by atoms with Crippen LogP contribution in [0.25, 0.3) is 0 Å². The summed E-state index contributed by atoms with van der Waals surface area (Å²) in [5.41, 5.74) is 4.04. The van der Waals surface area contributed by atoms with Gasteiger partial charge in [0.1, 0.15) is 6.67 Å². The van der Waals surface area contributed by atoms with Crippen molar-refractivity contribution in [3.05, 3.63) is 59.4 Å². The number of alkyl halides is 1. The van der Waals surface area contributed by atoms with Crippen molar-refractivity contribution in [1.82, 2.24) is 15.2 Å². The van der Waals surface area contributed by atoms with Gasteiger partial charge in [-0.1, -0.05) is 44.2 Å². The highest BCUT2D eigenvalue weighted by Gasteiger charge is 2.39. The predicted molar refractivity (Wildman–Crippen MR) is 125 cm³/mol. The zero-order valence-corrected chi connectivity index (χ0v) is 19.3. The van der Waals surface area contributed by atoms with Crippen LogP contribution in [0.2, 0.25) is 0 Å². The maximum absolute atomic E-state index is 13.5. The Morgan fingerprint density at radius 1 is 1.29 bits per heavy atom. The maximum Gasteiger partial charge on any atom is 0.241 e. The number of aromatic nitrogens is 1. The number of fused-ring (bicyclic) bond motifs is 1. The molecule has 1 saturated heterocycles. The van der Waals surface area contributed by atoms with Crippen LogP contribution in [0.1, 0.15) is 37.6 Å². The van der Waals surface area contributed by atoms with Gasteiger partial charge in [-0.05, 0) is 18.6 Å². The van der Waals surface area contributed by atoms with Gasteiger partial charge < -0.3 is 10.2 Å². The Balaban J connectivity index is 0.00000272. The molecular weight excluding hydrogens is 415 g/mol. The molecule has 31 heavy (non-hydrogen) atoms. The van der Waals surface area contributed by atoms with Gasteiger partial charge >= 0.3 is 0 Å². The van der Waals surface area contributed by atoms with Crippen LogP contribution in [0.5, 0.6) is 0 Å². The summed E-state index contributed by atoms with van der Waals surface area (Å²) in [6.07, 6.45) is 2.66. The number of hydrogen-bond donors (Lipinski definition) is 1. The molecule has 0 unspecified atom stereocenters. The summed E-state index contributed by atoms with van der Waals surface area (Å²) < 4.78 is 13.5. The topological polar surface area (TPSA) is 48.5 Å². The minimum atomic E-state index is -0.444. The van der Waals surface area contributed by atoms with Crippen LogP contribution in [0.15, 0.2) is 42.6 Å². The molecule has 0 bridgehead atoms. The molecule has 1 aromatic carbocycles. The molecule has 2 atom stereocenters. The molecule has 168 valence electrons. The smallest absolute Gasteiger partial charge is 0.241 e. The number of nitrogens with zero attached hydrogens (tertiary/aromatic N) is 3. The molecule has 1 amide bonds. The molecule has 0 radical (unpaired) electrons. The third-order valence-corrected chi connectivity index (χ3v) is 6.28. The van der Waals surface area contributed by atoms with Gasteiger partial charge in [-0.25, -0.2) is 4.39 Å². The third kappa shape index (κ3) is 5.08. The summed E-state index contributed by atoms with van der Waals surface area (Å²) in [5.74, 6) is 0.0336. The third-order valence-electron chi connectivity index (χ3n) is 6.28. The standard InChI is InChI=1S/C24H31FN4O.ClH/c1-17-14-28(20(11-25)12-26-17)15-23(30)29-16-24(2,3)21-13-27-19(10-22(21)29)9-18-7-5-4-6-8-18;/h4-8,10,13,17,20,26H,9,11-12,14-16H2,1-3H3;1H/t17-,20+;/m1./s1. The number of pyridine rings is 1. The second-order valence-corrected chi connectivity index (χ2v) is 9.27. The number of piperazine rings is 1. The minimum absolute atomic E-state index is 0. The number of anilines is 1. The number of benzene rings is 1. The minimum Gasteiger partial charge on any atom is -0.311 e. The zero-order valence-electron chi connectivity index (χ0n) is 18.5. The van der Waals surface area contributed by atoms with E-state index in [1.165, 1.54) is 5.56 Å². The van der Waals surface area contributed by atoms with Crippen molar-refractivity contribution in [1.29, 1.82) is 0 Å². The first-order valence-corrected chi connectivity index (χ1v) is 10.7. The Kier molecular flexibility index (Phi) is 7.35. The van der Waals surface area contributed by atoms with E-state index in [-0.39, 0.29) is 42.4 Å². The molecule has 0 aliphatic carbocycles. The number of halogens is 2. The predicted octanol–water partition coefficient (Wildman–Crippen LogP) is 3.35. The fourth-order valence-corrected chi connectivity index (χ4v) is 4.56. The number of carbonyl (C=O) groups excluding carboxylic acids is 1. The maximum atomic E-state index is 13.5. The molecule has 1 aromatic heterocycles. The van der Waals surface area contributed by atoms with E-state index < -0.39 is 6.67 Å². The van der Waals surface area contributed by atoms with Crippen molar-refractivity contribution in [3.63, 3.8) is 0 Å². The van der Waals surface area contributed by atoms with E-state index in [1.807, 2.05) is 34.2 Å². The van der Waals surface area contributed by atoms with Crippen LogP contribution in [0, 0.1) is 0 Å². The average molecular weight is 447 g/mol. The fourth-order valence-electron chi connectivity index (χ4n) is 4.56. The van der Waals surface area contributed by atoms with Gasteiger partial charge in [0, 0.05) is 55.0 Å². The molecule has 2 aromatic rings. The van der Waals surface area contributed by atoms with E-state index in [2.05, 4.69) is 49.3 Å². The van der Waals surface area contributed by atoms with Gasteiger partial charge in [-0.2, -0.15) is 0 Å². The number of nitrogens with one attached hydrogen (secondary N) is 1. The van der Waals surface area contributed by atoms with Gasteiger partial charge in [0.25, 0.3) is 0 Å². The van der Waals surface area contributed by atoms with E-state index in [0.29, 0.717) is 19.6 Å². The quantitative estimate of drug-likeness (QED) is 0.765. The van der Waals surface area contributed by atoms with E-state index in [0.717, 1.165) is 23.4 Å². The Bertz CT molecular complexity index is 908. The lowest BCUT2D eigenvalue weighted by atomic mass is 9.88. The molecule has 7 heteroatoms. The fraction of sp³-hybridized carbons (Fsp3) is 0.500. The van der Waals surface area contributed by atoms with Gasteiger partial charge in [0.2, 0.25) is 5.91 Å². The molecule has 2 aliphatic heterocycles. The summed E-state index contributed by atoms with van der Waals surface area (Å²) in [7, 11) is 0. The van der Waals surface area contributed by atoms with Crippen LogP contribution in [0.3, 0.4) is 0 Å². The van der Waals surface area contributed by atoms with Crippen LogP contribution >= 0.6 is 12.4 Å². The van der Waals surface area contributed by atoms with Crippen molar-refractivity contribution < 1.29 is 9.18 Å².